The van der Waals surface area contributed by atoms with Crippen molar-refractivity contribution in [3.63, 3.8) is 0 Å². The van der Waals surface area contributed by atoms with Gasteiger partial charge in [-0.15, -0.1) is 0 Å². The molecule has 1 unspecified atom stereocenters. The van der Waals surface area contributed by atoms with Crippen molar-refractivity contribution in [2.45, 2.75) is 69.6 Å². The Bertz CT molecular complexity index is 185. The van der Waals surface area contributed by atoms with E-state index in [1.807, 2.05) is 0 Å². The summed E-state index contributed by atoms with van der Waals surface area (Å²) >= 11 is 2.25. The molecule has 2 fully saturated rings. The van der Waals surface area contributed by atoms with Crippen LogP contribution in [0, 0.1) is 5.92 Å². The van der Waals surface area contributed by atoms with Crippen LogP contribution in [0.15, 0.2) is 0 Å². The highest BCUT2D eigenvalue weighted by atomic mass is 32.2. The largest absolute Gasteiger partial charge is 0.313 e. The molecule has 0 radical (unpaired) electrons. The average Bonchev–Trinajstić information content (AvgIpc) is 3.12. The lowest BCUT2D eigenvalue weighted by molar-refractivity contribution is 0.498. The Morgan fingerprint density at radius 3 is 2.50 bits per heavy atom. The molecule has 16 heavy (non-hydrogen) atoms. The molecule has 2 rings (SSSR count). The molecule has 0 saturated heterocycles. The van der Waals surface area contributed by atoms with E-state index in [1.54, 1.807) is 0 Å². The van der Waals surface area contributed by atoms with Crippen LogP contribution in [0.3, 0.4) is 0 Å². The summed E-state index contributed by atoms with van der Waals surface area (Å²) in [5.41, 5.74) is 0. The van der Waals surface area contributed by atoms with Gasteiger partial charge in [0.1, 0.15) is 0 Å². The highest BCUT2D eigenvalue weighted by Crippen LogP contribution is 2.35. The van der Waals surface area contributed by atoms with E-state index >= 15 is 0 Å². The van der Waals surface area contributed by atoms with Gasteiger partial charge in [-0.1, -0.05) is 39.0 Å². The summed E-state index contributed by atoms with van der Waals surface area (Å²) in [6.45, 7) is 3.38. The number of thioether (sulfide) groups is 1. The molecule has 0 aromatic rings. The van der Waals surface area contributed by atoms with Crippen molar-refractivity contribution in [3.05, 3.63) is 0 Å². The first-order chi connectivity index (χ1) is 7.88. The molecule has 0 aromatic carbocycles. The monoisotopic (exact) mass is 241 g/mol. The number of hydrogen-bond acceptors (Lipinski definition) is 2. The fourth-order valence-electron chi connectivity index (χ4n) is 2.74. The van der Waals surface area contributed by atoms with Gasteiger partial charge in [0, 0.05) is 17.0 Å². The molecule has 2 heteroatoms. The van der Waals surface area contributed by atoms with Gasteiger partial charge < -0.3 is 5.32 Å². The number of nitrogens with one attached hydrogen (secondary N) is 1. The van der Waals surface area contributed by atoms with Crippen molar-refractivity contribution in [3.8, 4) is 0 Å². The highest BCUT2D eigenvalue weighted by molar-refractivity contribution is 7.99. The molecule has 1 nitrogen and oxygen atoms in total. The van der Waals surface area contributed by atoms with Crippen molar-refractivity contribution < 1.29 is 0 Å². The molecule has 0 heterocycles. The van der Waals surface area contributed by atoms with Crippen LogP contribution in [0.4, 0.5) is 0 Å². The fraction of sp³-hybridized carbons (Fsp3) is 1.00. The summed E-state index contributed by atoms with van der Waals surface area (Å²) < 4.78 is 0. The molecule has 0 spiro atoms. The normalized spacial score (nSPS) is 24.6. The van der Waals surface area contributed by atoms with Crippen LogP contribution in [-0.4, -0.2) is 23.6 Å². The van der Waals surface area contributed by atoms with Crippen molar-refractivity contribution in [1.82, 2.24) is 5.32 Å². The standard InChI is InChI=1S/C14H27NS/c1-2-15-13(10-12-8-9-12)11-16-14-6-4-3-5-7-14/h12-15H,2-11H2,1H3. The van der Waals surface area contributed by atoms with Crippen molar-refractivity contribution in [2.24, 2.45) is 5.92 Å². The van der Waals surface area contributed by atoms with Gasteiger partial charge in [-0.2, -0.15) is 11.8 Å². The lowest BCUT2D eigenvalue weighted by Gasteiger charge is -2.24. The predicted octanol–water partition coefficient (Wildman–Crippen LogP) is 3.83. The summed E-state index contributed by atoms with van der Waals surface area (Å²) in [6, 6.07) is 0.796. The zero-order chi connectivity index (χ0) is 11.2. The second kappa shape index (κ2) is 6.90. The van der Waals surface area contributed by atoms with Crippen LogP contribution < -0.4 is 5.32 Å². The second-order valence-electron chi connectivity index (χ2n) is 5.53. The smallest absolute Gasteiger partial charge is 0.0160 e. The maximum Gasteiger partial charge on any atom is 0.0160 e. The van der Waals surface area contributed by atoms with Gasteiger partial charge in [-0.25, -0.2) is 0 Å². The predicted molar refractivity (Wildman–Crippen MR) is 74.1 cm³/mol. The van der Waals surface area contributed by atoms with Gasteiger partial charge in [0.2, 0.25) is 0 Å². The van der Waals surface area contributed by atoms with Crippen molar-refractivity contribution in [2.75, 3.05) is 12.3 Å². The minimum atomic E-state index is 0.796. The Morgan fingerprint density at radius 2 is 1.88 bits per heavy atom. The summed E-state index contributed by atoms with van der Waals surface area (Å²) in [6.07, 6.45) is 11.8. The van der Waals surface area contributed by atoms with Crippen LogP contribution in [-0.2, 0) is 0 Å². The molecule has 2 aliphatic carbocycles. The lowest BCUT2D eigenvalue weighted by Crippen LogP contribution is -2.32. The van der Waals surface area contributed by atoms with E-state index in [2.05, 4.69) is 24.0 Å². The highest BCUT2D eigenvalue weighted by Gasteiger charge is 2.25. The van der Waals surface area contributed by atoms with Gasteiger partial charge in [0.15, 0.2) is 0 Å². The molecule has 94 valence electrons. The van der Waals surface area contributed by atoms with E-state index in [0.717, 1.165) is 23.8 Å². The van der Waals surface area contributed by atoms with Gasteiger partial charge in [-0.3, -0.25) is 0 Å². The molecule has 0 aromatic heterocycles. The summed E-state index contributed by atoms with van der Waals surface area (Å²) in [5, 5.41) is 4.65. The Kier molecular flexibility index (Phi) is 5.51. The molecule has 1 atom stereocenters. The first kappa shape index (κ1) is 12.8. The molecule has 1 N–H and O–H groups in total. The fourth-order valence-corrected chi connectivity index (χ4v) is 4.16. The molecule has 0 bridgehead atoms. The average molecular weight is 241 g/mol. The Hall–Kier alpha value is 0.310. The summed E-state index contributed by atoms with van der Waals surface area (Å²) in [5.74, 6) is 2.42. The van der Waals surface area contributed by atoms with Gasteiger partial charge in [0.05, 0.1) is 0 Å². The number of rotatable bonds is 7. The Labute approximate surface area is 105 Å². The van der Waals surface area contributed by atoms with Crippen LogP contribution in [0.1, 0.15) is 58.3 Å². The van der Waals surface area contributed by atoms with E-state index in [1.165, 1.54) is 57.1 Å². The summed E-state index contributed by atoms with van der Waals surface area (Å²) in [4.78, 5) is 0. The van der Waals surface area contributed by atoms with Gasteiger partial charge >= 0.3 is 0 Å². The third-order valence-corrected chi connectivity index (χ3v) is 5.43. The first-order valence-corrected chi connectivity index (χ1v) is 8.28. The Morgan fingerprint density at radius 1 is 1.12 bits per heavy atom. The first-order valence-electron chi connectivity index (χ1n) is 7.23. The molecule has 2 saturated carbocycles. The topological polar surface area (TPSA) is 12.0 Å². The van der Waals surface area contributed by atoms with Gasteiger partial charge in [-0.05, 0) is 31.7 Å². The molecule has 0 aliphatic heterocycles. The molecular weight excluding hydrogens is 214 g/mol. The van der Waals surface area contributed by atoms with E-state index in [4.69, 9.17) is 0 Å². The molecule has 0 amide bonds. The lowest BCUT2D eigenvalue weighted by atomic mass is 10.0. The second-order valence-corrected chi connectivity index (χ2v) is 6.86. The SMILES string of the molecule is CCNC(CSC1CCCCC1)CC1CC1. The zero-order valence-corrected chi connectivity index (χ0v) is 11.5. The Balaban J connectivity index is 1.63. The minimum Gasteiger partial charge on any atom is -0.313 e. The van der Waals surface area contributed by atoms with E-state index < -0.39 is 0 Å². The van der Waals surface area contributed by atoms with Crippen molar-refractivity contribution in [1.29, 1.82) is 0 Å². The van der Waals surface area contributed by atoms with Crippen LogP contribution >= 0.6 is 11.8 Å². The molecule has 2 aliphatic rings. The number of hydrogen-bond donors (Lipinski definition) is 1. The van der Waals surface area contributed by atoms with E-state index in [0.29, 0.717) is 0 Å². The third kappa shape index (κ3) is 4.67. The zero-order valence-electron chi connectivity index (χ0n) is 10.7. The summed E-state index contributed by atoms with van der Waals surface area (Å²) in [7, 11) is 0. The van der Waals surface area contributed by atoms with Crippen molar-refractivity contribution >= 4 is 11.8 Å². The maximum absolute atomic E-state index is 3.67. The van der Waals surface area contributed by atoms with E-state index in [-0.39, 0.29) is 0 Å². The quantitative estimate of drug-likeness (QED) is 0.727. The van der Waals surface area contributed by atoms with Crippen LogP contribution in [0.2, 0.25) is 0 Å². The maximum atomic E-state index is 3.67. The van der Waals surface area contributed by atoms with E-state index in [9.17, 15) is 0 Å². The minimum absolute atomic E-state index is 0.796. The third-order valence-electron chi connectivity index (χ3n) is 3.89. The molecular formula is C14H27NS. The van der Waals surface area contributed by atoms with Crippen LogP contribution in [0.25, 0.3) is 0 Å². The van der Waals surface area contributed by atoms with Gasteiger partial charge in [0.25, 0.3) is 0 Å². The van der Waals surface area contributed by atoms with Crippen LogP contribution in [0.5, 0.6) is 0 Å².